The number of unbranched alkanes of at least 4 members (excludes halogenated alkanes) is 1. The van der Waals surface area contributed by atoms with E-state index in [0.29, 0.717) is 45.3 Å². The maximum atomic E-state index is 12.1. The average Bonchev–Trinajstić information content (AvgIpc) is 2.66. The van der Waals surface area contributed by atoms with E-state index in [2.05, 4.69) is 17.1 Å². The van der Waals surface area contributed by atoms with Crippen LogP contribution in [0.25, 0.3) is 0 Å². The van der Waals surface area contributed by atoms with Crippen molar-refractivity contribution >= 4 is 12.1 Å². The number of guanidine groups is 1. The summed E-state index contributed by atoms with van der Waals surface area (Å²) in [6.07, 6.45) is 1.63. The summed E-state index contributed by atoms with van der Waals surface area (Å²) in [6, 6.07) is 10.2. The smallest absolute Gasteiger partial charge is 0.410 e. The summed E-state index contributed by atoms with van der Waals surface area (Å²) < 4.78 is 11.1. The van der Waals surface area contributed by atoms with Gasteiger partial charge in [-0.05, 0) is 39.2 Å². The molecular formula is C21H34N4O3. The van der Waals surface area contributed by atoms with Crippen molar-refractivity contribution in [3.63, 3.8) is 0 Å². The van der Waals surface area contributed by atoms with Gasteiger partial charge in [0.2, 0.25) is 0 Å². The lowest BCUT2D eigenvalue weighted by molar-refractivity contribution is 0.0186. The maximum absolute atomic E-state index is 12.1. The summed E-state index contributed by atoms with van der Waals surface area (Å²) in [4.78, 5) is 20.3. The molecule has 2 N–H and O–H groups in total. The number of aliphatic imine (C=N–C) groups is 1. The van der Waals surface area contributed by atoms with E-state index in [-0.39, 0.29) is 6.09 Å². The van der Waals surface area contributed by atoms with Gasteiger partial charge < -0.3 is 25.0 Å². The third-order valence-electron chi connectivity index (χ3n) is 4.34. The molecule has 156 valence electrons. The van der Waals surface area contributed by atoms with E-state index in [9.17, 15) is 4.79 Å². The molecule has 0 saturated carbocycles. The zero-order valence-electron chi connectivity index (χ0n) is 17.4. The van der Waals surface area contributed by atoms with Crippen LogP contribution in [-0.4, -0.2) is 66.8 Å². The highest BCUT2D eigenvalue weighted by Crippen LogP contribution is 2.11. The number of hydrogen-bond acceptors (Lipinski definition) is 4. The molecule has 1 fully saturated rings. The summed E-state index contributed by atoms with van der Waals surface area (Å²) in [5.41, 5.74) is 6.82. The van der Waals surface area contributed by atoms with E-state index in [0.717, 1.165) is 19.4 Å². The number of amides is 1. The molecule has 1 amide bonds. The van der Waals surface area contributed by atoms with E-state index in [4.69, 9.17) is 15.2 Å². The highest BCUT2D eigenvalue weighted by molar-refractivity contribution is 5.78. The fourth-order valence-electron chi connectivity index (χ4n) is 2.82. The first kappa shape index (κ1) is 22.0. The minimum atomic E-state index is -0.473. The molecule has 0 aliphatic carbocycles. The summed E-state index contributed by atoms with van der Waals surface area (Å²) in [5.74, 6) is 0.550. The second-order valence-corrected chi connectivity index (χ2v) is 7.94. The fraction of sp³-hybridized carbons (Fsp3) is 0.619. The first-order chi connectivity index (χ1) is 13.3. The van der Waals surface area contributed by atoms with Crippen LogP contribution in [0, 0.1) is 0 Å². The van der Waals surface area contributed by atoms with Gasteiger partial charge in [0.05, 0.1) is 6.61 Å². The third kappa shape index (κ3) is 8.17. The van der Waals surface area contributed by atoms with Crippen molar-refractivity contribution in [3.05, 3.63) is 35.9 Å². The summed E-state index contributed by atoms with van der Waals surface area (Å²) in [6.45, 7) is 10.2. The van der Waals surface area contributed by atoms with Crippen molar-refractivity contribution in [3.8, 4) is 0 Å². The van der Waals surface area contributed by atoms with E-state index in [1.165, 1.54) is 5.56 Å². The van der Waals surface area contributed by atoms with Crippen molar-refractivity contribution < 1.29 is 14.3 Å². The normalized spacial score (nSPS) is 15.6. The number of carbonyl (C=O) groups is 1. The Balaban J connectivity index is 1.58. The molecule has 0 unspecified atom stereocenters. The van der Waals surface area contributed by atoms with Crippen LogP contribution in [0.4, 0.5) is 4.79 Å². The Hall–Kier alpha value is -2.28. The topological polar surface area (TPSA) is 80.4 Å². The Morgan fingerprint density at radius 1 is 1.07 bits per heavy atom. The van der Waals surface area contributed by atoms with Gasteiger partial charge in [0.25, 0.3) is 0 Å². The first-order valence-corrected chi connectivity index (χ1v) is 9.99. The molecule has 7 nitrogen and oxygen atoms in total. The molecule has 7 heteroatoms. The maximum Gasteiger partial charge on any atom is 0.410 e. The lowest BCUT2D eigenvalue weighted by Crippen LogP contribution is -2.53. The van der Waals surface area contributed by atoms with Gasteiger partial charge in [0.15, 0.2) is 5.96 Å². The molecule has 0 aromatic heterocycles. The van der Waals surface area contributed by atoms with Crippen molar-refractivity contribution in [1.82, 2.24) is 9.80 Å². The van der Waals surface area contributed by atoms with Crippen molar-refractivity contribution in [1.29, 1.82) is 0 Å². The Labute approximate surface area is 168 Å². The predicted molar refractivity (Wildman–Crippen MR) is 111 cm³/mol. The number of rotatable bonds is 7. The Morgan fingerprint density at radius 3 is 2.36 bits per heavy atom. The lowest BCUT2D eigenvalue weighted by atomic mass is 10.2. The number of carbonyl (C=O) groups excluding carboxylic acids is 1. The number of ether oxygens (including phenoxy) is 2. The number of hydrogen-bond donors (Lipinski definition) is 1. The first-order valence-electron chi connectivity index (χ1n) is 9.99. The van der Waals surface area contributed by atoms with Crippen molar-refractivity contribution in [2.45, 2.75) is 45.8 Å². The quantitative estimate of drug-likeness (QED) is 0.440. The lowest BCUT2D eigenvalue weighted by Gasteiger charge is -2.36. The van der Waals surface area contributed by atoms with Crippen LogP contribution in [0.3, 0.4) is 0 Å². The monoisotopic (exact) mass is 390 g/mol. The Bertz CT molecular complexity index is 620. The number of nitrogens with zero attached hydrogens (tertiary/aromatic N) is 3. The van der Waals surface area contributed by atoms with E-state index >= 15 is 0 Å². The summed E-state index contributed by atoms with van der Waals surface area (Å²) in [7, 11) is 0. The highest BCUT2D eigenvalue weighted by Gasteiger charge is 2.26. The van der Waals surface area contributed by atoms with E-state index < -0.39 is 5.60 Å². The van der Waals surface area contributed by atoms with Gasteiger partial charge in [-0.1, -0.05) is 30.3 Å². The fourth-order valence-corrected chi connectivity index (χ4v) is 2.82. The molecule has 1 aromatic carbocycles. The van der Waals surface area contributed by atoms with Crippen LogP contribution >= 0.6 is 0 Å². The SMILES string of the molecule is CC(C)(C)OC(=O)N1CCN(C(N)=NCCCCOCc2ccccc2)CC1. The van der Waals surface area contributed by atoms with Gasteiger partial charge in [0, 0.05) is 39.3 Å². The van der Waals surface area contributed by atoms with Gasteiger partial charge in [-0.25, -0.2) is 4.79 Å². The minimum Gasteiger partial charge on any atom is -0.444 e. The van der Waals surface area contributed by atoms with E-state index in [1.54, 1.807) is 4.90 Å². The van der Waals surface area contributed by atoms with Crippen molar-refractivity contribution in [2.75, 3.05) is 39.3 Å². The molecule has 1 aliphatic heterocycles. The van der Waals surface area contributed by atoms with Gasteiger partial charge >= 0.3 is 6.09 Å². The molecule has 0 radical (unpaired) electrons. The van der Waals surface area contributed by atoms with Gasteiger partial charge in [0.1, 0.15) is 5.60 Å². The van der Waals surface area contributed by atoms with E-state index in [1.807, 2.05) is 43.9 Å². The molecule has 0 atom stereocenters. The molecule has 1 aromatic rings. The van der Waals surface area contributed by atoms with Gasteiger partial charge in [-0.2, -0.15) is 0 Å². The molecular weight excluding hydrogens is 356 g/mol. The highest BCUT2D eigenvalue weighted by atomic mass is 16.6. The minimum absolute atomic E-state index is 0.266. The molecule has 1 heterocycles. The van der Waals surface area contributed by atoms with Crippen LogP contribution < -0.4 is 5.73 Å². The third-order valence-corrected chi connectivity index (χ3v) is 4.34. The average molecular weight is 391 g/mol. The van der Waals surface area contributed by atoms with Crippen LogP contribution in [0.1, 0.15) is 39.2 Å². The molecule has 28 heavy (non-hydrogen) atoms. The zero-order valence-corrected chi connectivity index (χ0v) is 17.4. The Morgan fingerprint density at radius 2 is 1.71 bits per heavy atom. The van der Waals surface area contributed by atoms with Crippen LogP contribution in [0.15, 0.2) is 35.3 Å². The van der Waals surface area contributed by atoms with Crippen LogP contribution in [-0.2, 0) is 16.1 Å². The largest absolute Gasteiger partial charge is 0.444 e. The molecule has 1 aliphatic rings. The predicted octanol–water partition coefficient (Wildman–Crippen LogP) is 2.85. The van der Waals surface area contributed by atoms with Gasteiger partial charge in [-0.3, -0.25) is 4.99 Å². The van der Waals surface area contributed by atoms with Crippen LogP contribution in [0.2, 0.25) is 0 Å². The zero-order chi connectivity index (χ0) is 20.4. The second-order valence-electron chi connectivity index (χ2n) is 7.94. The van der Waals surface area contributed by atoms with Crippen molar-refractivity contribution in [2.24, 2.45) is 10.7 Å². The summed E-state index contributed by atoms with van der Waals surface area (Å²) >= 11 is 0. The van der Waals surface area contributed by atoms with Gasteiger partial charge in [-0.15, -0.1) is 0 Å². The molecule has 2 rings (SSSR count). The van der Waals surface area contributed by atoms with Crippen LogP contribution in [0.5, 0.6) is 0 Å². The number of nitrogens with two attached hydrogens (primary N) is 1. The molecule has 1 saturated heterocycles. The standard InChI is InChI=1S/C21H34N4O3/c1-21(2,3)28-20(26)25-14-12-24(13-15-25)19(22)23-11-7-8-16-27-17-18-9-5-4-6-10-18/h4-6,9-10H,7-8,11-17H2,1-3H3,(H2,22,23). The number of piperazine rings is 1. The number of benzene rings is 1. The second kappa shape index (κ2) is 10.9. The Kier molecular flexibility index (Phi) is 8.57. The molecule has 0 spiro atoms. The summed E-state index contributed by atoms with van der Waals surface area (Å²) in [5, 5.41) is 0. The molecule has 0 bridgehead atoms.